The zero-order chi connectivity index (χ0) is 49.8. The Hall–Kier alpha value is -5.75. The summed E-state index contributed by atoms with van der Waals surface area (Å²) in [6.45, 7) is 12.7. The topological polar surface area (TPSA) is 99.5 Å². The van der Waals surface area contributed by atoms with Gasteiger partial charge in [0.15, 0.2) is 0 Å². The second-order valence-electron chi connectivity index (χ2n) is 18.4. The molecule has 8 nitrogen and oxygen atoms in total. The van der Waals surface area contributed by atoms with Crippen molar-refractivity contribution in [3.63, 3.8) is 0 Å². The lowest BCUT2D eigenvalue weighted by Gasteiger charge is -2.35. The normalized spacial score (nSPS) is 14.7. The van der Waals surface area contributed by atoms with Gasteiger partial charge < -0.3 is 29.5 Å². The maximum absolute atomic E-state index is 14.8. The minimum atomic E-state index is -1.05. The molecule has 0 saturated carbocycles. The summed E-state index contributed by atoms with van der Waals surface area (Å²) in [4.78, 5) is 29.8. The van der Waals surface area contributed by atoms with Crippen LogP contribution in [0, 0.1) is 23.5 Å². The van der Waals surface area contributed by atoms with Crippen LogP contribution in [0.3, 0.4) is 0 Å². The molecule has 0 spiro atoms. The first-order chi connectivity index (χ1) is 32.3. The van der Waals surface area contributed by atoms with Gasteiger partial charge in [-0.1, -0.05) is 137 Å². The van der Waals surface area contributed by atoms with E-state index in [9.17, 15) is 28.6 Å². The monoisotopic (exact) mass is 962 g/mol. The first kappa shape index (κ1) is 55.8. The molecular weight excluding hydrogens is 894 g/mol. The molecule has 0 aromatic heterocycles. The number of nitrogens with zero attached hydrogens (tertiary/aromatic N) is 2. The van der Waals surface area contributed by atoms with Gasteiger partial charge in [0.1, 0.15) is 23.1 Å². The lowest BCUT2D eigenvalue weighted by Crippen LogP contribution is -2.38. The molecule has 368 valence electrons. The predicted octanol–water partition coefficient (Wildman–Crippen LogP) is 12.4. The third-order valence-corrected chi connectivity index (χ3v) is 13.0. The van der Waals surface area contributed by atoms with E-state index in [-0.39, 0.29) is 35.9 Å². The first-order valence-electron chi connectivity index (χ1n) is 23.4. The van der Waals surface area contributed by atoms with E-state index in [0.717, 1.165) is 24.2 Å². The number of esters is 2. The molecule has 2 N–H and O–H groups in total. The number of carbonyl (C=O) groups is 2. The highest BCUT2D eigenvalue weighted by molar-refractivity contribution is 5.85. The largest absolute Gasteiger partial charge is 0.426 e. The van der Waals surface area contributed by atoms with Gasteiger partial charge >= 0.3 is 11.9 Å². The lowest BCUT2D eigenvalue weighted by molar-refractivity contribution is -0.136. The first-order valence-corrected chi connectivity index (χ1v) is 23.4. The molecule has 2 unspecified atom stereocenters. The lowest BCUT2D eigenvalue weighted by atomic mass is 9.80. The Labute approximate surface area is 414 Å². The third kappa shape index (κ3) is 14.2. The number of halogens is 3. The van der Waals surface area contributed by atoms with Crippen molar-refractivity contribution in [2.24, 2.45) is 11.8 Å². The molecule has 0 bridgehead atoms. The summed E-state index contributed by atoms with van der Waals surface area (Å²) in [6, 6.07) is 42.4. The predicted molar refractivity (Wildman–Crippen MR) is 276 cm³/mol. The van der Waals surface area contributed by atoms with E-state index in [4.69, 9.17) is 9.47 Å². The maximum Gasteiger partial charge on any atom is 0.318 e. The van der Waals surface area contributed by atoms with E-state index >= 15 is 0 Å². The molecule has 0 aliphatic heterocycles. The summed E-state index contributed by atoms with van der Waals surface area (Å²) in [6.07, 6.45) is 1.06. The average Bonchev–Trinajstić information content (AvgIpc) is 3.33. The van der Waals surface area contributed by atoms with Crippen LogP contribution in [0.25, 0.3) is 22.3 Å². The van der Waals surface area contributed by atoms with Gasteiger partial charge in [0.05, 0.1) is 23.0 Å². The third-order valence-electron chi connectivity index (χ3n) is 13.0. The minimum Gasteiger partial charge on any atom is -0.426 e. The van der Waals surface area contributed by atoms with Gasteiger partial charge in [-0.15, -0.1) is 12.4 Å². The van der Waals surface area contributed by atoms with E-state index in [1.54, 1.807) is 74.5 Å². The standard InChI is InChI=1S/2C29H34FNO3.ClH/c2*1-6-29(33,20(2)19-31(4)5)24-13-10-14-25(18-24)34-28(32)21(3)23-15-16-26(27(30)17-23)22-11-8-7-9-12-22;/h2*7-18,20-21,33H,6,19H2,1-5H3;1H/t2*20-,21?,29-;/m11./s1. The molecule has 0 amide bonds. The maximum atomic E-state index is 14.8. The van der Waals surface area contributed by atoms with E-state index in [1.165, 1.54) is 12.1 Å². The van der Waals surface area contributed by atoms with Crippen LogP contribution in [-0.4, -0.2) is 73.2 Å². The van der Waals surface area contributed by atoms with Crippen LogP contribution < -0.4 is 9.47 Å². The molecule has 11 heteroatoms. The second kappa shape index (κ2) is 25.2. The Morgan fingerprint density at radius 1 is 0.522 bits per heavy atom. The number of benzene rings is 6. The van der Waals surface area contributed by atoms with Gasteiger partial charge in [0, 0.05) is 36.1 Å². The molecule has 0 aliphatic rings. The van der Waals surface area contributed by atoms with Gasteiger partial charge in [-0.05, 0) is 125 Å². The Kier molecular flexibility index (Phi) is 20.4. The molecule has 69 heavy (non-hydrogen) atoms. The molecule has 6 aromatic carbocycles. The summed E-state index contributed by atoms with van der Waals surface area (Å²) in [5, 5.41) is 22.8. The van der Waals surface area contributed by atoms with Crippen LogP contribution in [0.4, 0.5) is 8.78 Å². The zero-order valence-corrected chi connectivity index (χ0v) is 42.4. The van der Waals surface area contributed by atoms with E-state index in [1.807, 2.05) is 138 Å². The van der Waals surface area contributed by atoms with Crippen molar-refractivity contribution >= 4 is 24.3 Å². The van der Waals surface area contributed by atoms with Gasteiger partial charge in [-0.25, -0.2) is 8.78 Å². The summed E-state index contributed by atoms with van der Waals surface area (Å²) < 4.78 is 40.9. The number of carbonyl (C=O) groups excluding carboxylic acids is 2. The summed E-state index contributed by atoms with van der Waals surface area (Å²) in [5.74, 6) is -2.36. The van der Waals surface area contributed by atoms with Gasteiger partial charge in [0.2, 0.25) is 0 Å². The van der Waals surface area contributed by atoms with Crippen molar-refractivity contribution in [1.29, 1.82) is 0 Å². The highest BCUT2D eigenvalue weighted by atomic mass is 35.5. The Morgan fingerprint density at radius 3 is 1.17 bits per heavy atom. The SMILES string of the molecule is CC[C@](O)(c1cccc(OC(=O)C(C)c2ccc(-c3ccccc3)c(F)c2)c1)[C@H](C)CN(C)C.CC[C@](O)(c1cccc(OC(=O)C(C)c2ccc(-c3ccccc3)c(F)c2)c1)[C@H](C)CN(C)C.Cl. The molecule has 6 aromatic rings. The Morgan fingerprint density at radius 2 is 0.870 bits per heavy atom. The fourth-order valence-corrected chi connectivity index (χ4v) is 8.72. The molecule has 6 rings (SSSR count). The van der Waals surface area contributed by atoms with Gasteiger partial charge in [0.25, 0.3) is 0 Å². The molecule has 0 aliphatic carbocycles. The number of ether oxygens (including phenoxy) is 2. The van der Waals surface area contributed by atoms with Crippen LogP contribution in [-0.2, 0) is 20.8 Å². The highest BCUT2D eigenvalue weighted by Crippen LogP contribution is 2.37. The van der Waals surface area contributed by atoms with E-state index < -0.39 is 35.0 Å². The van der Waals surface area contributed by atoms with Crippen molar-refractivity contribution < 1.29 is 38.1 Å². The van der Waals surface area contributed by atoms with Crippen LogP contribution in [0.2, 0.25) is 0 Å². The Balaban J connectivity index is 0.000000296. The zero-order valence-electron chi connectivity index (χ0n) is 41.6. The van der Waals surface area contributed by atoms with Crippen LogP contribution in [0.15, 0.2) is 146 Å². The number of hydrogen-bond donors (Lipinski definition) is 2. The molecule has 0 heterocycles. The fourth-order valence-electron chi connectivity index (χ4n) is 8.72. The van der Waals surface area contributed by atoms with E-state index in [2.05, 4.69) is 0 Å². The summed E-state index contributed by atoms with van der Waals surface area (Å²) >= 11 is 0. The average molecular weight is 964 g/mol. The highest BCUT2D eigenvalue weighted by Gasteiger charge is 2.36. The van der Waals surface area contributed by atoms with Crippen molar-refractivity contribution in [1.82, 2.24) is 9.80 Å². The molecule has 0 saturated heterocycles. The Bertz CT molecular complexity index is 2420. The number of rotatable bonds is 18. The smallest absolute Gasteiger partial charge is 0.318 e. The number of hydrogen-bond acceptors (Lipinski definition) is 8. The molecule has 0 radical (unpaired) electrons. The van der Waals surface area contributed by atoms with Crippen molar-refractivity contribution in [2.45, 2.75) is 77.4 Å². The fraction of sp³-hybridized carbons (Fsp3) is 0.345. The van der Waals surface area contributed by atoms with Crippen molar-refractivity contribution in [3.05, 3.63) is 179 Å². The van der Waals surface area contributed by atoms with Crippen molar-refractivity contribution in [3.8, 4) is 33.8 Å². The van der Waals surface area contributed by atoms with E-state index in [0.29, 0.717) is 57.7 Å². The second-order valence-corrected chi connectivity index (χ2v) is 18.4. The quantitative estimate of drug-likeness (QED) is 0.0649. The van der Waals surface area contributed by atoms with Crippen LogP contribution >= 0.6 is 12.4 Å². The molecule has 6 atom stereocenters. The summed E-state index contributed by atoms with van der Waals surface area (Å²) in [5.41, 5.74) is 2.96. The molecular formula is C58H69ClF2N2O6. The van der Waals surface area contributed by atoms with Gasteiger partial charge in [-0.3, -0.25) is 9.59 Å². The van der Waals surface area contributed by atoms with Crippen LogP contribution in [0.5, 0.6) is 11.5 Å². The minimum absolute atomic E-state index is 0. The summed E-state index contributed by atoms with van der Waals surface area (Å²) in [7, 11) is 7.89. The van der Waals surface area contributed by atoms with Crippen molar-refractivity contribution in [2.75, 3.05) is 41.3 Å². The molecule has 0 fully saturated rings. The number of aliphatic hydroxyl groups is 2. The van der Waals surface area contributed by atoms with Gasteiger partial charge in [-0.2, -0.15) is 0 Å². The van der Waals surface area contributed by atoms with Crippen LogP contribution in [0.1, 0.15) is 88.5 Å².